The Morgan fingerprint density at radius 1 is 1.30 bits per heavy atom. The van der Waals surface area contributed by atoms with Gasteiger partial charge in [0.2, 0.25) is 11.8 Å². The Hall–Kier alpha value is -1.66. The van der Waals surface area contributed by atoms with Crippen molar-refractivity contribution in [3.8, 4) is 0 Å². The molecule has 1 aromatic rings. The molecule has 23 heavy (non-hydrogen) atoms. The first-order valence-corrected chi connectivity index (χ1v) is 8.22. The second-order valence-corrected chi connectivity index (χ2v) is 6.51. The number of anilines is 1. The van der Waals surface area contributed by atoms with Gasteiger partial charge in [0, 0.05) is 17.8 Å². The van der Waals surface area contributed by atoms with Gasteiger partial charge in [0.05, 0.1) is 17.5 Å². The molecule has 1 aliphatic carbocycles. The van der Waals surface area contributed by atoms with Crippen molar-refractivity contribution in [2.24, 2.45) is 0 Å². The maximum absolute atomic E-state index is 13.1. The minimum Gasteiger partial charge on any atom is -0.350 e. The lowest BCUT2D eigenvalue weighted by atomic mass is 9.87. The average molecular weight is 340 g/mol. The summed E-state index contributed by atoms with van der Waals surface area (Å²) in [4.78, 5) is 24.2. The van der Waals surface area contributed by atoms with E-state index in [0.29, 0.717) is 5.69 Å². The second kappa shape index (κ2) is 6.84. The number of piperazine rings is 1. The fourth-order valence-electron chi connectivity index (χ4n) is 3.24. The molecule has 2 fully saturated rings. The molecule has 2 aliphatic rings. The zero-order chi connectivity index (χ0) is 16.4. The molecule has 1 saturated carbocycles. The van der Waals surface area contributed by atoms with E-state index in [0.717, 1.165) is 25.7 Å². The molecule has 1 aliphatic heterocycles. The van der Waals surface area contributed by atoms with Crippen LogP contribution in [-0.2, 0) is 9.59 Å². The number of fused-ring (bicyclic) bond motifs is 1. The van der Waals surface area contributed by atoms with Crippen LogP contribution < -0.4 is 16.0 Å². The fraction of sp³-hybridized carbons (Fsp3) is 0.500. The summed E-state index contributed by atoms with van der Waals surface area (Å²) in [6.45, 7) is 0. The Morgan fingerprint density at radius 2 is 2.04 bits per heavy atom. The predicted octanol–water partition coefficient (Wildman–Crippen LogP) is 2.21. The molecule has 1 saturated heterocycles. The molecule has 3 atom stereocenters. The summed E-state index contributed by atoms with van der Waals surface area (Å²) in [5, 5.41) is 8.87. The van der Waals surface area contributed by atoms with Crippen molar-refractivity contribution in [1.82, 2.24) is 10.6 Å². The zero-order valence-corrected chi connectivity index (χ0v) is 13.3. The third-order valence-corrected chi connectivity index (χ3v) is 4.71. The Balaban J connectivity index is 1.58. The van der Waals surface area contributed by atoms with Gasteiger partial charge in [-0.25, -0.2) is 4.39 Å². The van der Waals surface area contributed by atoms with Crippen LogP contribution in [0.4, 0.5) is 10.1 Å². The van der Waals surface area contributed by atoms with Crippen LogP contribution in [0.1, 0.15) is 32.1 Å². The molecule has 1 heterocycles. The largest absolute Gasteiger partial charge is 0.350 e. The highest BCUT2D eigenvalue weighted by atomic mass is 35.5. The van der Waals surface area contributed by atoms with Crippen LogP contribution in [0, 0.1) is 5.82 Å². The number of halogens is 2. The molecule has 0 aromatic heterocycles. The van der Waals surface area contributed by atoms with Gasteiger partial charge >= 0.3 is 0 Å². The van der Waals surface area contributed by atoms with E-state index in [9.17, 15) is 14.0 Å². The molecule has 2 amide bonds. The van der Waals surface area contributed by atoms with E-state index < -0.39 is 11.9 Å². The number of benzene rings is 1. The van der Waals surface area contributed by atoms with E-state index in [1.807, 2.05) is 0 Å². The molecule has 0 unspecified atom stereocenters. The van der Waals surface area contributed by atoms with E-state index in [2.05, 4.69) is 16.0 Å². The van der Waals surface area contributed by atoms with Gasteiger partial charge in [-0.1, -0.05) is 24.4 Å². The van der Waals surface area contributed by atoms with Crippen LogP contribution in [0.3, 0.4) is 0 Å². The van der Waals surface area contributed by atoms with Crippen LogP contribution in [0.5, 0.6) is 0 Å². The molecule has 7 heteroatoms. The number of nitrogens with one attached hydrogen (secondary N) is 3. The SMILES string of the molecule is O=C(C[C@H]1N[C@H]2CCCC[C@@H]2NC1=O)Nc1ccc(F)c(Cl)c1. The quantitative estimate of drug-likeness (QED) is 0.790. The molecule has 124 valence electrons. The molecule has 0 radical (unpaired) electrons. The van der Waals surface area contributed by atoms with Crippen molar-refractivity contribution in [3.05, 3.63) is 29.0 Å². The second-order valence-electron chi connectivity index (χ2n) is 6.11. The third-order valence-electron chi connectivity index (χ3n) is 4.42. The van der Waals surface area contributed by atoms with Crippen molar-refractivity contribution < 1.29 is 14.0 Å². The summed E-state index contributed by atoms with van der Waals surface area (Å²) in [6.07, 6.45) is 4.29. The van der Waals surface area contributed by atoms with Gasteiger partial charge in [-0.2, -0.15) is 0 Å². The smallest absolute Gasteiger partial charge is 0.237 e. The maximum Gasteiger partial charge on any atom is 0.237 e. The van der Waals surface area contributed by atoms with Gasteiger partial charge < -0.3 is 16.0 Å². The molecular formula is C16H19ClFN3O2. The van der Waals surface area contributed by atoms with E-state index >= 15 is 0 Å². The van der Waals surface area contributed by atoms with E-state index in [4.69, 9.17) is 11.6 Å². The monoisotopic (exact) mass is 339 g/mol. The number of rotatable bonds is 3. The molecule has 5 nitrogen and oxygen atoms in total. The van der Waals surface area contributed by atoms with Crippen molar-refractivity contribution in [3.63, 3.8) is 0 Å². The lowest BCUT2D eigenvalue weighted by molar-refractivity contribution is -0.129. The normalized spacial score (nSPS) is 27.0. The first kappa shape index (κ1) is 16.2. The predicted molar refractivity (Wildman–Crippen MR) is 85.8 cm³/mol. The van der Waals surface area contributed by atoms with E-state index in [1.165, 1.54) is 18.2 Å². The highest BCUT2D eigenvalue weighted by molar-refractivity contribution is 6.31. The van der Waals surface area contributed by atoms with Crippen LogP contribution in [0.2, 0.25) is 5.02 Å². The maximum atomic E-state index is 13.1. The Labute approximate surface area is 139 Å². The first-order valence-electron chi connectivity index (χ1n) is 7.84. The summed E-state index contributed by atoms with van der Waals surface area (Å²) in [6, 6.07) is 3.84. The molecule has 0 spiro atoms. The summed E-state index contributed by atoms with van der Waals surface area (Å²) in [5.41, 5.74) is 0.410. The average Bonchev–Trinajstić information content (AvgIpc) is 2.51. The zero-order valence-electron chi connectivity index (χ0n) is 12.6. The van der Waals surface area contributed by atoms with Crippen LogP contribution in [-0.4, -0.2) is 29.9 Å². The summed E-state index contributed by atoms with van der Waals surface area (Å²) < 4.78 is 13.1. The van der Waals surface area contributed by atoms with Gasteiger partial charge in [-0.15, -0.1) is 0 Å². The van der Waals surface area contributed by atoms with Gasteiger partial charge in [-0.3, -0.25) is 9.59 Å². The lowest BCUT2D eigenvalue weighted by Gasteiger charge is -2.40. The molecule has 3 N–H and O–H groups in total. The highest BCUT2D eigenvalue weighted by Crippen LogP contribution is 2.23. The molecule has 0 bridgehead atoms. The van der Waals surface area contributed by atoms with Gasteiger partial charge in [0.15, 0.2) is 0 Å². The van der Waals surface area contributed by atoms with Gasteiger partial charge in [-0.05, 0) is 31.0 Å². The van der Waals surface area contributed by atoms with Crippen molar-refractivity contribution in [1.29, 1.82) is 0 Å². The van der Waals surface area contributed by atoms with Crippen molar-refractivity contribution >= 4 is 29.1 Å². The summed E-state index contributed by atoms with van der Waals surface area (Å²) in [5.74, 6) is -0.989. The standard InChI is InChI=1S/C16H19ClFN3O2/c17-10-7-9(5-6-11(10)18)19-15(22)8-14-16(23)21-13-4-2-1-3-12(13)20-14/h5-7,12-14,20H,1-4,8H2,(H,19,22)(H,21,23)/t12-,13-,14+/m0/s1. The Morgan fingerprint density at radius 3 is 2.78 bits per heavy atom. The number of hydrogen-bond donors (Lipinski definition) is 3. The minimum atomic E-state index is -0.540. The van der Waals surface area contributed by atoms with Gasteiger partial charge in [0.25, 0.3) is 0 Å². The Bertz CT molecular complexity index is 625. The lowest BCUT2D eigenvalue weighted by Crippen LogP contribution is -2.65. The number of hydrogen-bond acceptors (Lipinski definition) is 3. The van der Waals surface area contributed by atoms with Crippen LogP contribution in [0.25, 0.3) is 0 Å². The highest BCUT2D eigenvalue weighted by Gasteiger charge is 2.36. The number of carbonyl (C=O) groups excluding carboxylic acids is 2. The third kappa shape index (κ3) is 3.82. The minimum absolute atomic E-state index is 0.0318. The van der Waals surface area contributed by atoms with E-state index in [1.54, 1.807) is 0 Å². The first-order chi connectivity index (χ1) is 11.0. The fourth-order valence-corrected chi connectivity index (χ4v) is 3.42. The Kier molecular flexibility index (Phi) is 4.82. The number of carbonyl (C=O) groups is 2. The molecule has 3 rings (SSSR count). The van der Waals surface area contributed by atoms with Crippen LogP contribution in [0.15, 0.2) is 18.2 Å². The van der Waals surface area contributed by atoms with E-state index in [-0.39, 0.29) is 35.3 Å². The number of amides is 2. The van der Waals surface area contributed by atoms with Gasteiger partial charge in [0.1, 0.15) is 5.82 Å². The molecule has 1 aromatic carbocycles. The van der Waals surface area contributed by atoms with Crippen LogP contribution >= 0.6 is 11.6 Å². The summed E-state index contributed by atoms with van der Waals surface area (Å²) in [7, 11) is 0. The van der Waals surface area contributed by atoms with Crippen molar-refractivity contribution in [2.75, 3.05) is 5.32 Å². The molecular weight excluding hydrogens is 321 g/mol. The summed E-state index contributed by atoms with van der Waals surface area (Å²) >= 11 is 5.69. The van der Waals surface area contributed by atoms with Crippen molar-refractivity contribution in [2.45, 2.75) is 50.2 Å². The topological polar surface area (TPSA) is 70.2 Å².